The normalized spacial score (nSPS) is 17.9. The van der Waals surface area contributed by atoms with E-state index in [4.69, 9.17) is 0 Å². The Morgan fingerprint density at radius 3 is 2.48 bits per heavy atom. The molecule has 1 aliphatic rings. The number of alkyl halides is 3. The minimum absolute atomic E-state index is 0.455. The van der Waals surface area contributed by atoms with E-state index >= 15 is 0 Å². The van der Waals surface area contributed by atoms with Gasteiger partial charge in [-0.05, 0) is 13.0 Å². The lowest BCUT2D eigenvalue weighted by atomic mass is 10.2. The summed E-state index contributed by atoms with van der Waals surface area (Å²) in [6.45, 7) is 4.92. The van der Waals surface area contributed by atoms with E-state index < -0.39 is 12.7 Å². The number of anilines is 1. The van der Waals surface area contributed by atoms with Gasteiger partial charge in [0.05, 0.1) is 6.54 Å². The van der Waals surface area contributed by atoms with Crippen LogP contribution < -0.4 is 5.32 Å². The number of hydrogen-bond donors (Lipinski definition) is 1. The fourth-order valence-electron chi connectivity index (χ4n) is 2.49. The number of pyridine rings is 1. The van der Waals surface area contributed by atoms with Crippen molar-refractivity contribution in [3.8, 4) is 0 Å². The topological polar surface area (TPSA) is 31.4 Å². The van der Waals surface area contributed by atoms with Crippen LogP contribution in [-0.4, -0.2) is 60.2 Å². The Bertz CT molecular complexity index is 442. The van der Waals surface area contributed by atoms with Gasteiger partial charge in [-0.3, -0.25) is 9.80 Å². The van der Waals surface area contributed by atoms with Crippen LogP contribution in [-0.2, 0) is 6.54 Å². The maximum absolute atomic E-state index is 12.4. The van der Waals surface area contributed by atoms with Crippen molar-refractivity contribution in [2.75, 3.05) is 44.6 Å². The average molecular weight is 302 g/mol. The predicted molar refractivity (Wildman–Crippen MR) is 76.2 cm³/mol. The van der Waals surface area contributed by atoms with Crippen LogP contribution in [0.4, 0.5) is 19.0 Å². The fraction of sp³-hybridized carbons (Fsp3) is 0.643. The number of aromatic nitrogens is 1. The molecule has 0 aliphatic carbocycles. The second kappa shape index (κ2) is 7.09. The first-order valence-corrected chi connectivity index (χ1v) is 7.17. The van der Waals surface area contributed by atoms with Gasteiger partial charge < -0.3 is 5.32 Å². The van der Waals surface area contributed by atoms with Crippen LogP contribution in [0.2, 0.25) is 0 Å². The molecule has 1 aliphatic heterocycles. The van der Waals surface area contributed by atoms with Gasteiger partial charge in [0.25, 0.3) is 0 Å². The van der Waals surface area contributed by atoms with Crippen molar-refractivity contribution in [3.05, 3.63) is 23.9 Å². The molecule has 1 fully saturated rings. The van der Waals surface area contributed by atoms with Crippen molar-refractivity contribution in [1.29, 1.82) is 0 Å². The molecule has 1 N–H and O–H groups in total. The first-order valence-electron chi connectivity index (χ1n) is 7.17. The summed E-state index contributed by atoms with van der Waals surface area (Å²) in [5.74, 6) is 0.859. The Morgan fingerprint density at radius 2 is 1.86 bits per heavy atom. The number of piperazine rings is 1. The average Bonchev–Trinajstić information content (AvgIpc) is 2.42. The number of hydrogen-bond acceptors (Lipinski definition) is 4. The van der Waals surface area contributed by atoms with Crippen LogP contribution in [0.25, 0.3) is 0 Å². The highest BCUT2D eigenvalue weighted by Crippen LogP contribution is 2.19. The Kier molecular flexibility index (Phi) is 5.41. The minimum atomic E-state index is -4.11. The zero-order valence-electron chi connectivity index (χ0n) is 12.2. The third-order valence-corrected chi connectivity index (χ3v) is 3.50. The molecule has 1 saturated heterocycles. The van der Waals surface area contributed by atoms with Gasteiger partial charge in [0.1, 0.15) is 5.82 Å². The van der Waals surface area contributed by atoms with E-state index in [0.717, 1.165) is 24.5 Å². The van der Waals surface area contributed by atoms with E-state index in [2.05, 4.69) is 15.2 Å². The van der Waals surface area contributed by atoms with Gasteiger partial charge in [-0.2, -0.15) is 13.2 Å². The highest BCUT2D eigenvalue weighted by molar-refractivity contribution is 5.43. The van der Waals surface area contributed by atoms with Gasteiger partial charge >= 0.3 is 6.18 Å². The molecule has 0 unspecified atom stereocenters. The molecule has 4 nitrogen and oxygen atoms in total. The van der Waals surface area contributed by atoms with E-state index in [9.17, 15) is 13.2 Å². The first-order chi connectivity index (χ1) is 9.98. The summed E-state index contributed by atoms with van der Waals surface area (Å²) in [5, 5.41) is 3.21. The molecule has 0 aromatic carbocycles. The molecule has 1 aromatic heterocycles. The molecule has 2 heterocycles. The number of halogens is 3. The summed E-state index contributed by atoms with van der Waals surface area (Å²) >= 11 is 0. The smallest absolute Gasteiger partial charge is 0.370 e. The Hall–Kier alpha value is -1.34. The van der Waals surface area contributed by atoms with Crippen molar-refractivity contribution in [1.82, 2.24) is 14.8 Å². The van der Waals surface area contributed by atoms with Gasteiger partial charge in [0.2, 0.25) is 0 Å². The highest BCUT2D eigenvalue weighted by atomic mass is 19.4. The summed E-state index contributed by atoms with van der Waals surface area (Å²) in [6.07, 6.45) is -2.37. The zero-order chi connectivity index (χ0) is 15.3. The van der Waals surface area contributed by atoms with Gasteiger partial charge in [-0.15, -0.1) is 0 Å². The second-order valence-corrected chi connectivity index (χ2v) is 5.21. The van der Waals surface area contributed by atoms with Crippen LogP contribution in [0.5, 0.6) is 0 Å². The molecule has 0 radical (unpaired) electrons. The lowest BCUT2D eigenvalue weighted by Crippen LogP contribution is -2.48. The molecule has 0 atom stereocenters. The lowest BCUT2D eigenvalue weighted by Gasteiger charge is -2.35. The maximum Gasteiger partial charge on any atom is 0.401 e. The van der Waals surface area contributed by atoms with E-state index in [0.29, 0.717) is 26.2 Å². The molecule has 0 bridgehead atoms. The van der Waals surface area contributed by atoms with Crippen molar-refractivity contribution in [2.45, 2.75) is 19.6 Å². The molecule has 0 amide bonds. The third kappa shape index (κ3) is 5.17. The monoisotopic (exact) mass is 302 g/mol. The summed E-state index contributed by atoms with van der Waals surface area (Å²) in [7, 11) is 0. The maximum atomic E-state index is 12.4. The number of nitrogens with one attached hydrogen (secondary N) is 1. The quantitative estimate of drug-likeness (QED) is 0.903. The SMILES string of the molecule is CCNc1ncccc1CN1CCN(CC(F)(F)F)CC1. The van der Waals surface area contributed by atoms with Crippen molar-refractivity contribution < 1.29 is 13.2 Å². The van der Waals surface area contributed by atoms with E-state index in [1.807, 2.05) is 19.1 Å². The predicted octanol–water partition coefficient (Wildman–Crippen LogP) is 2.19. The lowest BCUT2D eigenvalue weighted by molar-refractivity contribution is -0.149. The van der Waals surface area contributed by atoms with E-state index in [1.54, 1.807) is 6.20 Å². The largest absolute Gasteiger partial charge is 0.401 e. The van der Waals surface area contributed by atoms with Gasteiger partial charge in [0.15, 0.2) is 0 Å². The van der Waals surface area contributed by atoms with Crippen LogP contribution in [0.1, 0.15) is 12.5 Å². The Balaban J connectivity index is 1.86. The minimum Gasteiger partial charge on any atom is -0.370 e. The molecule has 118 valence electrons. The molecule has 1 aromatic rings. The Labute approximate surface area is 122 Å². The van der Waals surface area contributed by atoms with Crippen LogP contribution in [0, 0.1) is 0 Å². The number of nitrogens with zero attached hydrogens (tertiary/aromatic N) is 3. The van der Waals surface area contributed by atoms with Gasteiger partial charge in [-0.25, -0.2) is 4.98 Å². The van der Waals surface area contributed by atoms with E-state index in [1.165, 1.54) is 4.90 Å². The highest BCUT2D eigenvalue weighted by Gasteiger charge is 2.32. The fourth-order valence-corrected chi connectivity index (χ4v) is 2.49. The van der Waals surface area contributed by atoms with Crippen LogP contribution in [0.3, 0.4) is 0 Å². The van der Waals surface area contributed by atoms with Crippen molar-refractivity contribution >= 4 is 5.82 Å². The Morgan fingerprint density at radius 1 is 1.19 bits per heavy atom. The van der Waals surface area contributed by atoms with E-state index in [-0.39, 0.29) is 0 Å². The molecule has 7 heteroatoms. The summed E-state index contributed by atoms with van der Waals surface area (Å²) in [5.41, 5.74) is 1.09. The molecular formula is C14H21F3N4. The number of rotatable bonds is 5. The standard InChI is InChI=1S/C14H21F3N4/c1-2-18-13-12(4-3-5-19-13)10-20-6-8-21(9-7-20)11-14(15,16)17/h3-5H,2,6-11H2,1H3,(H,18,19). The molecule has 0 spiro atoms. The molecular weight excluding hydrogens is 281 g/mol. The van der Waals surface area contributed by atoms with Crippen LogP contribution in [0.15, 0.2) is 18.3 Å². The molecule has 2 rings (SSSR count). The third-order valence-electron chi connectivity index (χ3n) is 3.50. The first kappa shape index (κ1) is 16.0. The van der Waals surface area contributed by atoms with Crippen molar-refractivity contribution in [2.24, 2.45) is 0 Å². The summed E-state index contributed by atoms with van der Waals surface area (Å²) < 4.78 is 37.1. The summed E-state index contributed by atoms with van der Waals surface area (Å²) in [6, 6.07) is 3.89. The summed E-state index contributed by atoms with van der Waals surface area (Å²) in [4.78, 5) is 7.93. The zero-order valence-corrected chi connectivity index (χ0v) is 12.2. The van der Waals surface area contributed by atoms with Crippen LogP contribution >= 0.6 is 0 Å². The second-order valence-electron chi connectivity index (χ2n) is 5.21. The molecule has 21 heavy (non-hydrogen) atoms. The van der Waals surface area contributed by atoms with Gasteiger partial charge in [0, 0.05) is 51.0 Å². The molecule has 0 saturated carbocycles. The van der Waals surface area contributed by atoms with Gasteiger partial charge in [-0.1, -0.05) is 6.07 Å². The van der Waals surface area contributed by atoms with Crippen molar-refractivity contribution in [3.63, 3.8) is 0 Å².